The molecule has 0 N–H and O–H groups in total. The molecule has 168 valence electrons. The number of hydrogen-bond donors (Lipinski definition) is 0. The van der Waals surface area contributed by atoms with Crippen molar-refractivity contribution in [2.45, 2.75) is 32.1 Å². The summed E-state index contributed by atoms with van der Waals surface area (Å²) in [5, 5.41) is 7.79. The predicted octanol–water partition coefficient (Wildman–Crippen LogP) is 4.26. The Balaban J connectivity index is 0.00000289. The summed E-state index contributed by atoms with van der Waals surface area (Å²) in [6.07, 6.45) is 2.51. The number of halogens is 4. The number of nitrogens with zero attached hydrogens (tertiary/aromatic N) is 6. The van der Waals surface area contributed by atoms with Gasteiger partial charge >= 0.3 is 27.2 Å². The molecular weight excluding hydrogens is 607 g/mol. The molecule has 4 aromatic heterocycles. The van der Waals surface area contributed by atoms with E-state index < -0.39 is 23.8 Å². The second-order valence-corrected chi connectivity index (χ2v) is 7.29. The molecule has 0 saturated heterocycles. The number of hydrogen-bond acceptors (Lipinski definition) is 4. The van der Waals surface area contributed by atoms with Crippen molar-refractivity contribution >= 4 is 0 Å². The van der Waals surface area contributed by atoms with Gasteiger partial charge in [-0.15, -0.1) is 0 Å². The van der Waals surface area contributed by atoms with Crippen LogP contribution < -0.4 is 0 Å². The SMILES string of the molecule is CC(C)(c1cccc(-n2[c-]c(CF)cn2)n1)c1cccc(-n2[c-]c(C(F)(F)F)cn2)n1.[Pt+2]. The van der Waals surface area contributed by atoms with Gasteiger partial charge in [-0.3, -0.25) is 20.2 Å². The molecule has 0 saturated carbocycles. The molecule has 0 amide bonds. The van der Waals surface area contributed by atoms with Crippen LogP contribution in [-0.2, 0) is 39.3 Å². The average Bonchev–Trinajstić information content (AvgIpc) is 3.44. The molecule has 32 heavy (non-hydrogen) atoms. The molecule has 0 radical (unpaired) electrons. The third-order valence-electron chi connectivity index (χ3n) is 4.74. The van der Waals surface area contributed by atoms with Gasteiger partial charge in [-0.1, -0.05) is 42.2 Å². The molecule has 0 aliphatic heterocycles. The van der Waals surface area contributed by atoms with Gasteiger partial charge in [0.1, 0.15) is 0 Å². The van der Waals surface area contributed by atoms with Gasteiger partial charge in [0.15, 0.2) is 0 Å². The van der Waals surface area contributed by atoms with E-state index in [2.05, 4.69) is 32.6 Å². The Morgan fingerprint density at radius 3 is 1.84 bits per heavy atom. The van der Waals surface area contributed by atoms with E-state index >= 15 is 0 Å². The fraction of sp³-hybridized carbons (Fsp3) is 0.238. The Morgan fingerprint density at radius 1 is 0.844 bits per heavy atom. The average molecular weight is 623 g/mol. The molecule has 4 aromatic rings. The van der Waals surface area contributed by atoms with Crippen LogP contribution in [0.5, 0.6) is 0 Å². The van der Waals surface area contributed by atoms with Crippen LogP contribution in [0.25, 0.3) is 11.6 Å². The number of rotatable bonds is 5. The van der Waals surface area contributed by atoms with Crippen molar-refractivity contribution in [1.82, 2.24) is 29.5 Å². The van der Waals surface area contributed by atoms with Crippen LogP contribution >= 0.6 is 0 Å². The van der Waals surface area contributed by atoms with E-state index in [4.69, 9.17) is 0 Å². The maximum Gasteiger partial charge on any atom is 2.00 e. The summed E-state index contributed by atoms with van der Waals surface area (Å²) >= 11 is 0. The minimum atomic E-state index is -4.54. The van der Waals surface area contributed by atoms with Gasteiger partial charge in [-0.25, -0.2) is 4.39 Å². The number of aromatic nitrogens is 6. The first-order chi connectivity index (χ1) is 14.7. The van der Waals surface area contributed by atoms with Crippen LogP contribution in [0.1, 0.15) is 36.4 Å². The maximum atomic E-state index is 12.9. The normalized spacial score (nSPS) is 11.9. The third kappa shape index (κ3) is 4.65. The Hall–Kier alpha value is -2.87. The smallest absolute Gasteiger partial charge is 0.343 e. The summed E-state index contributed by atoms with van der Waals surface area (Å²) in [4.78, 5) is 9.09. The topological polar surface area (TPSA) is 61.4 Å². The number of pyridine rings is 2. The fourth-order valence-electron chi connectivity index (χ4n) is 2.95. The molecule has 0 atom stereocenters. The van der Waals surface area contributed by atoms with Gasteiger partial charge in [0.2, 0.25) is 0 Å². The van der Waals surface area contributed by atoms with Crippen LogP contribution in [0.2, 0.25) is 0 Å². The van der Waals surface area contributed by atoms with Crippen molar-refractivity contribution in [3.63, 3.8) is 0 Å². The van der Waals surface area contributed by atoms with E-state index in [0.717, 1.165) is 4.68 Å². The van der Waals surface area contributed by atoms with Crippen LogP contribution in [0, 0.1) is 12.4 Å². The zero-order valence-corrected chi connectivity index (χ0v) is 19.1. The molecular formula is C21H16F4N6Pt. The maximum absolute atomic E-state index is 12.9. The second-order valence-electron chi connectivity index (χ2n) is 7.29. The Bertz CT molecular complexity index is 1210. The summed E-state index contributed by atoms with van der Waals surface area (Å²) in [6.45, 7) is 3.10. The Kier molecular flexibility index (Phi) is 6.64. The first-order valence-corrected chi connectivity index (χ1v) is 9.21. The minimum absolute atomic E-state index is 0. The molecule has 0 aliphatic carbocycles. The van der Waals surface area contributed by atoms with E-state index in [1.807, 2.05) is 13.8 Å². The van der Waals surface area contributed by atoms with Gasteiger partial charge < -0.3 is 9.36 Å². The Morgan fingerprint density at radius 2 is 1.38 bits per heavy atom. The number of alkyl halides is 4. The van der Waals surface area contributed by atoms with Gasteiger partial charge in [-0.05, 0) is 43.9 Å². The molecule has 0 spiro atoms. The molecule has 4 heterocycles. The zero-order valence-electron chi connectivity index (χ0n) is 16.8. The summed E-state index contributed by atoms with van der Waals surface area (Å²) in [6, 6.07) is 10.3. The summed E-state index contributed by atoms with van der Waals surface area (Å²) < 4.78 is 53.7. The van der Waals surface area contributed by atoms with Crippen LogP contribution in [0.15, 0.2) is 48.8 Å². The summed E-state index contributed by atoms with van der Waals surface area (Å²) in [5.74, 6) is 0.655. The zero-order chi connectivity index (χ0) is 22.2. The molecule has 0 fully saturated rings. The van der Waals surface area contributed by atoms with Crippen LogP contribution in [0.3, 0.4) is 0 Å². The van der Waals surface area contributed by atoms with Crippen LogP contribution in [0.4, 0.5) is 17.6 Å². The molecule has 6 nitrogen and oxygen atoms in total. The van der Waals surface area contributed by atoms with E-state index in [-0.39, 0.29) is 26.9 Å². The van der Waals surface area contributed by atoms with E-state index in [1.54, 1.807) is 36.4 Å². The van der Waals surface area contributed by atoms with Crippen molar-refractivity contribution in [2.24, 2.45) is 0 Å². The van der Waals surface area contributed by atoms with Gasteiger partial charge in [0, 0.05) is 16.8 Å². The van der Waals surface area contributed by atoms with Gasteiger partial charge in [0.25, 0.3) is 0 Å². The van der Waals surface area contributed by atoms with E-state index in [9.17, 15) is 17.6 Å². The monoisotopic (exact) mass is 623 g/mol. The predicted molar refractivity (Wildman–Crippen MR) is 102 cm³/mol. The van der Waals surface area contributed by atoms with Gasteiger partial charge in [-0.2, -0.15) is 13.2 Å². The first-order valence-electron chi connectivity index (χ1n) is 9.21. The fourth-order valence-corrected chi connectivity index (χ4v) is 2.95. The van der Waals surface area contributed by atoms with Crippen molar-refractivity contribution in [3.8, 4) is 11.6 Å². The molecule has 11 heteroatoms. The minimum Gasteiger partial charge on any atom is -0.343 e. The van der Waals surface area contributed by atoms with E-state index in [1.165, 1.54) is 10.9 Å². The first kappa shape index (κ1) is 23.8. The summed E-state index contributed by atoms with van der Waals surface area (Å²) in [7, 11) is 0. The summed E-state index contributed by atoms with van der Waals surface area (Å²) in [5.41, 5.74) is -0.157. The quantitative estimate of drug-likeness (QED) is 0.247. The van der Waals surface area contributed by atoms with Crippen molar-refractivity contribution in [1.29, 1.82) is 0 Å². The largest absolute Gasteiger partial charge is 2.00 e. The standard InChI is InChI=1S/C21H16F4N6.Pt/c1-20(2,16-5-3-7-18(28-16)30-12-14(9-22)10-26-30)17-6-4-8-19(29-17)31-13-15(11-27-31)21(23,24)25;/h3-8,10-11H,9H2,1-2H3;/q-2;+2. The van der Waals surface area contributed by atoms with Crippen molar-refractivity contribution in [2.75, 3.05) is 0 Å². The molecule has 0 bridgehead atoms. The second kappa shape index (κ2) is 8.94. The molecule has 0 unspecified atom stereocenters. The molecule has 4 rings (SSSR count). The van der Waals surface area contributed by atoms with E-state index in [0.29, 0.717) is 29.0 Å². The van der Waals surface area contributed by atoms with Crippen molar-refractivity contribution in [3.05, 3.63) is 83.7 Å². The molecule has 0 aliphatic rings. The van der Waals surface area contributed by atoms with Crippen molar-refractivity contribution < 1.29 is 38.6 Å². The van der Waals surface area contributed by atoms with Gasteiger partial charge in [0.05, 0.1) is 18.3 Å². The Labute approximate surface area is 195 Å². The third-order valence-corrected chi connectivity index (χ3v) is 4.74. The van der Waals surface area contributed by atoms with Crippen LogP contribution in [-0.4, -0.2) is 29.5 Å². The molecule has 0 aromatic carbocycles.